The molecule has 1 nitrogen and oxygen atoms in total. The Kier molecular flexibility index (Phi) is 4.13. The zero-order valence-electron chi connectivity index (χ0n) is 11.4. The van der Waals surface area contributed by atoms with Crippen molar-refractivity contribution in [3.8, 4) is 11.1 Å². The molecule has 3 aromatic rings. The second-order valence-electron chi connectivity index (χ2n) is 4.72. The third-order valence-corrected chi connectivity index (χ3v) is 3.46. The van der Waals surface area contributed by atoms with Gasteiger partial charge in [0.1, 0.15) is 0 Å². The fraction of sp³-hybridized carbons (Fsp3) is 0. The maximum Gasteiger partial charge on any atom is 0.0630 e. The highest BCUT2D eigenvalue weighted by Crippen LogP contribution is 2.22. The molecule has 0 atom stereocenters. The lowest BCUT2D eigenvalue weighted by molar-refractivity contribution is 1.52. The topological polar surface area (TPSA) is 12.4 Å². The second kappa shape index (κ2) is 6.38. The number of halogens is 1. The highest BCUT2D eigenvalue weighted by atomic mass is 35.5. The minimum absolute atomic E-state index is 0.736. The molecule has 0 bridgehead atoms. The minimum atomic E-state index is 0.736. The van der Waals surface area contributed by atoms with E-state index in [1.165, 1.54) is 11.1 Å². The minimum Gasteiger partial charge on any atom is -0.256 e. The molecule has 0 saturated heterocycles. The number of benzene rings is 3. The summed E-state index contributed by atoms with van der Waals surface area (Å²) in [6.07, 6.45) is 1.84. The molecule has 2 heteroatoms. The van der Waals surface area contributed by atoms with Gasteiger partial charge in [0, 0.05) is 11.2 Å². The summed E-state index contributed by atoms with van der Waals surface area (Å²) < 4.78 is 0. The molecule has 0 aromatic heterocycles. The van der Waals surface area contributed by atoms with Gasteiger partial charge in [-0.2, -0.15) is 0 Å². The van der Waals surface area contributed by atoms with Crippen LogP contribution in [0.15, 0.2) is 83.9 Å². The van der Waals surface area contributed by atoms with Crippen LogP contribution in [0.3, 0.4) is 0 Å². The maximum absolute atomic E-state index is 5.86. The summed E-state index contributed by atoms with van der Waals surface area (Å²) in [6.45, 7) is 0. The Morgan fingerprint density at radius 2 is 1.29 bits per heavy atom. The molecule has 3 rings (SSSR count). The molecule has 0 spiro atoms. The van der Waals surface area contributed by atoms with Crippen LogP contribution in [0.4, 0.5) is 5.69 Å². The zero-order valence-corrected chi connectivity index (χ0v) is 12.2. The van der Waals surface area contributed by atoms with Crippen LogP contribution in [0.1, 0.15) is 5.56 Å². The number of hydrogen-bond acceptors (Lipinski definition) is 1. The van der Waals surface area contributed by atoms with E-state index in [2.05, 4.69) is 29.3 Å². The van der Waals surface area contributed by atoms with E-state index in [0.717, 1.165) is 16.3 Å². The largest absolute Gasteiger partial charge is 0.256 e. The quantitative estimate of drug-likeness (QED) is 0.544. The Balaban J connectivity index is 1.77. The summed E-state index contributed by atoms with van der Waals surface area (Å²) in [6, 6.07) is 26.2. The Morgan fingerprint density at radius 1 is 0.667 bits per heavy atom. The maximum atomic E-state index is 5.86. The monoisotopic (exact) mass is 291 g/mol. The van der Waals surface area contributed by atoms with Crippen LogP contribution in [0.5, 0.6) is 0 Å². The lowest BCUT2D eigenvalue weighted by atomic mass is 10.1. The van der Waals surface area contributed by atoms with Crippen LogP contribution >= 0.6 is 11.6 Å². The van der Waals surface area contributed by atoms with Crippen molar-refractivity contribution in [2.75, 3.05) is 0 Å². The fourth-order valence-corrected chi connectivity index (χ4v) is 2.19. The van der Waals surface area contributed by atoms with E-state index < -0.39 is 0 Å². The molecule has 3 aromatic carbocycles. The van der Waals surface area contributed by atoms with Gasteiger partial charge in [0.25, 0.3) is 0 Å². The summed E-state index contributed by atoms with van der Waals surface area (Å²) >= 11 is 5.86. The molecule has 0 saturated carbocycles. The van der Waals surface area contributed by atoms with Crippen LogP contribution in [0.25, 0.3) is 11.1 Å². The molecule has 102 valence electrons. The Hall–Kier alpha value is -2.38. The van der Waals surface area contributed by atoms with Crippen LogP contribution in [-0.2, 0) is 0 Å². The van der Waals surface area contributed by atoms with Gasteiger partial charge in [0.05, 0.1) is 5.69 Å². The lowest BCUT2D eigenvalue weighted by Crippen LogP contribution is -1.79. The molecule has 0 aliphatic heterocycles. The van der Waals surface area contributed by atoms with E-state index in [1.807, 2.05) is 60.8 Å². The van der Waals surface area contributed by atoms with Crippen molar-refractivity contribution in [3.63, 3.8) is 0 Å². The summed E-state index contributed by atoms with van der Waals surface area (Å²) in [5.74, 6) is 0. The highest BCUT2D eigenvalue weighted by Gasteiger charge is 1.96. The molecule has 0 unspecified atom stereocenters. The van der Waals surface area contributed by atoms with E-state index in [4.69, 9.17) is 11.6 Å². The first-order chi connectivity index (χ1) is 10.3. The van der Waals surface area contributed by atoms with Crippen LogP contribution < -0.4 is 0 Å². The van der Waals surface area contributed by atoms with Gasteiger partial charge in [-0.25, -0.2) is 0 Å². The van der Waals surface area contributed by atoms with Crippen LogP contribution in [-0.4, -0.2) is 6.21 Å². The van der Waals surface area contributed by atoms with Crippen molar-refractivity contribution in [2.45, 2.75) is 0 Å². The average Bonchev–Trinajstić information content (AvgIpc) is 2.56. The van der Waals surface area contributed by atoms with Gasteiger partial charge >= 0.3 is 0 Å². The summed E-state index contributed by atoms with van der Waals surface area (Å²) in [4.78, 5) is 4.47. The lowest BCUT2D eigenvalue weighted by Gasteiger charge is -2.01. The first-order valence-electron chi connectivity index (χ1n) is 6.76. The van der Waals surface area contributed by atoms with Gasteiger partial charge in [0.2, 0.25) is 0 Å². The van der Waals surface area contributed by atoms with Gasteiger partial charge < -0.3 is 0 Å². The normalized spacial score (nSPS) is 10.9. The van der Waals surface area contributed by atoms with Crippen molar-refractivity contribution in [2.24, 2.45) is 4.99 Å². The van der Waals surface area contributed by atoms with Crippen molar-refractivity contribution in [3.05, 3.63) is 89.4 Å². The van der Waals surface area contributed by atoms with Crippen molar-refractivity contribution in [1.82, 2.24) is 0 Å². The number of hydrogen-bond donors (Lipinski definition) is 0. The number of aliphatic imine (C=N–C) groups is 1. The number of nitrogens with zero attached hydrogens (tertiary/aromatic N) is 1. The summed E-state index contributed by atoms with van der Waals surface area (Å²) in [7, 11) is 0. The van der Waals surface area contributed by atoms with E-state index in [9.17, 15) is 0 Å². The van der Waals surface area contributed by atoms with Crippen molar-refractivity contribution in [1.29, 1.82) is 0 Å². The van der Waals surface area contributed by atoms with Gasteiger partial charge in [0.15, 0.2) is 0 Å². The highest BCUT2D eigenvalue weighted by molar-refractivity contribution is 6.30. The van der Waals surface area contributed by atoms with Crippen molar-refractivity contribution >= 4 is 23.5 Å². The van der Waals surface area contributed by atoms with Gasteiger partial charge in [-0.15, -0.1) is 0 Å². The van der Waals surface area contributed by atoms with Gasteiger partial charge in [-0.1, -0.05) is 66.2 Å². The second-order valence-corrected chi connectivity index (χ2v) is 5.16. The predicted octanol–water partition coefficient (Wildman–Crippen LogP) is 5.76. The van der Waals surface area contributed by atoms with E-state index in [-0.39, 0.29) is 0 Å². The van der Waals surface area contributed by atoms with Crippen LogP contribution in [0.2, 0.25) is 5.02 Å². The molecule has 0 heterocycles. The first-order valence-corrected chi connectivity index (χ1v) is 7.14. The molecule has 0 radical (unpaired) electrons. The summed E-state index contributed by atoms with van der Waals surface area (Å²) in [5.41, 5.74) is 4.38. The standard InChI is InChI=1S/C19H14ClN/c20-18-10-6-15(7-11-18)14-21-19-12-8-17(9-13-19)16-4-2-1-3-5-16/h1-14H. The molecular weight excluding hydrogens is 278 g/mol. The SMILES string of the molecule is Clc1ccc(C=Nc2ccc(-c3ccccc3)cc2)cc1. The Morgan fingerprint density at radius 3 is 1.95 bits per heavy atom. The van der Waals surface area contributed by atoms with Crippen LogP contribution in [0, 0.1) is 0 Å². The smallest absolute Gasteiger partial charge is 0.0630 e. The zero-order chi connectivity index (χ0) is 14.5. The number of rotatable bonds is 3. The predicted molar refractivity (Wildman–Crippen MR) is 90.6 cm³/mol. The Bertz CT molecular complexity index is 729. The molecule has 0 fully saturated rings. The molecule has 21 heavy (non-hydrogen) atoms. The van der Waals surface area contributed by atoms with E-state index >= 15 is 0 Å². The molecule has 0 N–H and O–H groups in total. The summed E-state index contributed by atoms with van der Waals surface area (Å²) in [5, 5.41) is 0.736. The molecular formula is C19H14ClN. The van der Waals surface area contributed by atoms with Gasteiger partial charge in [-0.3, -0.25) is 4.99 Å². The fourth-order valence-electron chi connectivity index (χ4n) is 2.07. The molecule has 0 amide bonds. The third kappa shape index (κ3) is 3.59. The van der Waals surface area contributed by atoms with E-state index in [0.29, 0.717) is 0 Å². The third-order valence-electron chi connectivity index (χ3n) is 3.21. The molecule has 0 aliphatic rings. The van der Waals surface area contributed by atoms with Gasteiger partial charge in [-0.05, 0) is 41.0 Å². The Labute approximate surface area is 129 Å². The first kappa shape index (κ1) is 13.6. The van der Waals surface area contributed by atoms with E-state index in [1.54, 1.807) is 0 Å². The average molecular weight is 292 g/mol. The van der Waals surface area contributed by atoms with Crippen molar-refractivity contribution < 1.29 is 0 Å². The molecule has 0 aliphatic carbocycles.